The number of hydrogen-bond acceptors (Lipinski definition) is 5. The summed E-state index contributed by atoms with van der Waals surface area (Å²) >= 11 is 5.01. The largest absolute Gasteiger partial charge is 0.467 e. The smallest absolute Gasteiger partial charge is 0.338 e. The highest BCUT2D eigenvalue weighted by Crippen LogP contribution is 2.33. The normalized spacial score (nSPS) is 16.8. The molecule has 0 radical (unpaired) electrons. The number of halogens is 1. The fourth-order valence-corrected chi connectivity index (χ4v) is 4.10. The first-order valence-electron chi connectivity index (χ1n) is 7.98. The van der Waals surface area contributed by atoms with E-state index in [0.29, 0.717) is 22.8 Å². The van der Waals surface area contributed by atoms with E-state index in [4.69, 9.17) is 9.15 Å². The molecule has 1 aliphatic heterocycles. The maximum absolute atomic E-state index is 12.6. The Morgan fingerprint density at radius 2 is 2.12 bits per heavy atom. The highest BCUT2D eigenvalue weighted by Gasteiger charge is 2.35. The van der Waals surface area contributed by atoms with Gasteiger partial charge in [0.15, 0.2) is 0 Å². The lowest BCUT2D eigenvalue weighted by atomic mass is 10.0. The summed E-state index contributed by atoms with van der Waals surface area (Å²) in [6.07, 6.45) is 1.50. The van der Waals surface area contributed by atoms with E-state index >= 15 is 0 Å². The lowest BCUT2D eigenvalue weighted by Crippen LogP contribution is -2.46. The zero-order chi connectivity index (χ0) is 18.5. The third kappa shape index (κ3) is 4.13. The average Bonchev–Trinajstić information content (AvgIpc) is 3.15. The first kappa shape index (κ1) is 18.6. The van der Waals surface area contributed by atoms with Crippen molar-refractivity contribution in [2.45, 2.75) is 17.9 Å². The van der Waals surface area contributed by atoms with E-state index in [1.165, 1.54) is 18.0 Å². The quantitative estimate of drug-likeness (QED) is 0.528. The second kappa shape index (κ2) is 8.46. The number of esters is 1. The molecule has 2 amide bonds. The second-order valence-corrected chi connectivity index (χ2v) is 7.25. The average molecular weight is 437 g/mol. The Morgan fingerprint density at radius 1 is 1.31 bits per heavy atom. The number of hydrogen-bond donors (Lipinski definition) is 2. The van der Waals surface area contributed by atoms with Gasteiger partial charge in [0.05, 0.1) is 18.4 Å². The molecule has 0 aliphatic carbocycles. The van der Waals surface area contributed by atoms with Crippen molar-refractivity contribution in [2.75, 3.05) is 12.4 Å². The van der Waals surface area contributed by atoms with Crippen molar-refractivity contribution < 1.29 is 18.7 Å². The number of rotatable bonds is 6. The van der Waals surface area contributed by atoms with Gasteiger partial charge in [-0.05, 0) is 47.1 Å². The molecule has 1 aromatic heterocycles. The Hall–Kier alpha value is -2.19. The Morgan fingerprint density at radius 3 is 2.81 bits per heavy atom. The van der Waals surface area contributed by atoms with Crippen molar-refractivity contribution in [3.8, 4) is 0 Å². The highest BCUT2D eigenvalue weighted by molar-refractivity contribution is 9.10. The summed E-state index contributed by atoms with van der Waals surface area (Å²) in [5.74, 6) is 0.400. The van der Waals surface area contributed by atoms with Gasteiger partial charge in [0.1, 0.15) is 11.8 Å². The maximum Gasteiger partial charge on any atom is 0.338 e. The molecule has 0 saturated carbocycles. The number of amides is 2. The summed E-state index contributed by atoms with van der Waals surface area (Å²) in [6.45, 7) is 1.98. The van der Waals surface area contributed by atoms with Crippen LogP contribution in [0.3, 0.4) is 0 Å². The number of furan rings is 1. The second-order valence-electron chi connectivity index (χ2n) is 5.38. The zero-order valence-electron chi connectivity index (χ0n) is 14.0. The van der Waals surface area contributed by atoms with Crippen LogP contribution >= 0.6 is 27.7 Å². The van der Waals surface area contributed by atoms with Crippen LogP contribution < -0.4 is 10.6 Å². The molecule has 0 bridgehead atoms. The van der Waals surface area contributed by atoms with Crippen LogP contribution in [-0.4, -0.2) is 24.4 Å². The van der Waals surface area contributed by atoms with Crippen LogP contribution in [0.2, 0.25) is 0 Å². The van der Waals surface area contributed by atoms with E-state index in [-0.39, 0.29) is 12.6 Å². The van der Waals surface area contributed by atoms with Crippen LogP contribution in [-0.2, 0) is 9.53 Å². The fourth-order valence-electron chi connectivity index (χ4n) is 2.56. The van der Waals surface area contributed by atoms with E-state index in [1.54, 1.807) is 19.1 Å². The van der Waals surface area contributed by atoms with Gasteiger partial charge in [-0.25, -0.2) is 9.59 Å². The molecule has 136 valence electrons. The van der Waals surface area contributed by atoms with Gasteiger partial charge in [-0.2, -0.15) is 0 Å². The molecule has 0 spiro atoms. The van der Waals surface area contributed by atoms with Gasteiger partial charge in [-0.1, -0.05) is 12.1 Å². The topological polar surface area (TPSA) is 80.6 Å². The number of carbonyl (C=O) groups excluding carboxylic acids is 2. The van der Waals surface area contributed by atoms with Gasteiger partial charge >= 0.3 is 12.0 Å². The minimum absolute atomic E-state index is 0.242. The lowest BCUT2D eigenvalue weighted by Gasteiger charge is -2.27. The first-order chi connectivity index (χ1) is 12.6. The number of carbonyl (C=O) groups is 2. The predicted molar refractivity (Wildman–Crippen MR) is 102 cm³/mol. The van der Waals surface area contributed by atoms with Crippen LogP contribution in [0.5, 0.6) is 0 Å². The van der Waals surface area contributed by atoms with E-state index in [1.807, 2.05) is 24.3 Å². The Balaban J connectivity index is 1.94. The van der Waals surface area contributed by atoms with Crippen LogP contribution in [0.1, 0.15) is 18.7 Å². The van der Waals surface area contributed by atoms with E-state index in [0.717, 1.165) is 9.37 Å². The van der Waals surface area contributed by atoms with Crippen LogP contribution in [0.4, 0.5) is 4.79 Å². The number of ether oxygens (including phenoxy) is 1. The number of nitrogens with one attached hydrogen (secondary N) is 2. The van der Waals surface area contributed by atoms with Crippen molar-refractivity contribution in [1.29, 1.82) is 0 Å². The van der Waals surface area contributed by atoms with Crippen molar-refractivity contribution in [3.05, 3.63) is 64.2 Å². The third-order valence-electron chi connectivity index (χ3n) is 3.69. The molecular formula is C18H17BrN2O4S. The molecule has 8 heteroatoms. The molecule has 2 aromatic rings. The SMILES string of the molecule is CCOC(=O)C1=C(CSc2ccccc2Br)NC(=O)N[C@H]1c1ccco1. The standard InChI is InChI=1S/C18H17BrN2O4S/c1-2-24-17(22)15-12(10-26-14-8-4-3-6-11(14)19)20-18(23)21-16(15)13-7-5-9-25-13/h3-9,16H,2,10H2,1H3,(H2,20,21,23)/t16-/m0/s1. The van der Waals surface area contributed by atoms with E-state index in [9.17, 15) is 9.59 Å². The Kier molecular flexibility index (Phi) is 6.05. The Bertz CT molecular complexity index is 835. The predicted octanol–water partition coefficient (Wildman–Crippen LogP) is 4.01. The molecule has 3 rings (SSSR count). The van der Waals surface area contributed by atoms with E-state index < -0.39 is 12.0 Å². The summed E-state index contributed by atoms with van der Waals surface area (Å²) in [5, 5.41) is 5.47. The maximum atomic E-state index is 12.6. The van der Waals surface area contributed by atoms with Gasteiger partial charge in [0.2, 0.25) is 0 Å². The highest BCUT2D eigenvalue weighted by atomic mass is 79.9. The van der Waals surface area contributed by atoms with E-state index in [2.05, 4.69) is 26.6 Å². The number of thioether (sulfide) groups is 1. The number of benzene rings is 1. The molecule has 6 nitrogen and oxygen atoms in total. The van der Waals surface area contributed by atoms with Gasteiger partial charge in [0.25, 0.3) is 0 Å². The minimum atomic E-state index is -0.687. The summed E-state index contributed by atoms with van der Waals surface area (Å²) in [4.78, 5) is 25.7. The Labute approximate surface area is 163 Å². The number of urea groups is 1. The molecule has 2 N–H and O–H groups in total. The third-order valence-corrected chi connectivity index (χ3v) is 5.74. The molecule has 0 fully saturated rings. The lowest BCUT2D eigenvalue weighted by molar-refractivity contribution is -0.139. The minimum Gasteiger partial charge on any atom is -0.467 e. The summed E-state index contributed by atoms with van der Waals surface area (Å²) < 4.78 is 11.6. The van der Waals surface area contributed by atoms with Crippen molar-refractivity contribution >= 4 is 39.7 Å². The van der Waals surface area contributed by atoms with Crippen LogP contribution in [0, 0.1) is 0 Å². The molecule has 26 heavy (non-hydrogen) atoms. The van der Waals surface area contributed by atoms with Crippen molar-refractivity contribution in [1.82, 2.24) is 10.6 Å². The fraction of sp³-hybridized carbons (Fsp3) is 0.222. The first-order valence-corrected chi connectivity index (χ1v) is 9.76. The summed E-state index contributed by atoms with van der Waals surface area (Å²) in [7, 11) is 0. The molecular weight excluding hydrogens is 420 g/mol. The monoisotopic (exact) mass is 436 g/mol. The molecule has 2 heterocycles. The zero-order valence-corrected chi connectivity index (χ0v) is 16.4. The molecule has 1 aliphatic rings. The molecule has 1 atom stereocenters. The van der Waals surface area contributed by atoms with Gasteiger partial charge in [-0.15, -0.1) is 11.8 Å². The summed E-state index contributed by atoms with van der Waals surface area (Å²) in [6, 6.07) is 10.1. The van der Waals surface area contributed by atoms with Gasteiger partial charge < -0.3 is 19.8 Å². The van der Waals surface area contributed by atoms with Crippen molar-refractivity contribution in [3.63, 3.8) is 0 Å². The molecule has 0 saturated heterocycles. The van der Waals surface area contributed by atoms with Crippen molar-refractivity contribution in [2.24, 2.45) is 0 Å². The molecule has 0 unspecified atom stereocenters. The van der Waals surface area contributed by atoms with Gasteiger partial charge in [0, 0.05) is 20.8 Å². The van der Waals surface area contributed by atoms with Crippen LogP contribution in [0.15, 0.2) is 67.7 Å². The summed E-state index contributed by atoms with van der Waals surface area (Å²) in [5.41, 5.74) is 0.857. The van der Waals surface area contributed by atoms with Crippen LogP contribution in [0.25, 0.3) is 0 Å². The molecule has 1 aromatic carbocycles. The van der Waals surface area contributed by atoms with Gasteiger partial charge in [-0.3, -0.25) is 0 Å².